The zero-order valence-electron chi connectivity index (χ0n) is 10.1. The van der Waals surface area contributed by atoms with Crippen molar-refractivity contribution in [2.75, 3.05) is 5.32 Å². The summed E-state index contributed by atoms with van der Waals surface area (Å²) in [7, 11) is 0. The number of nitrogens with one attached hydrogen (secondary N) is 1. The van der Waals surface area contributed by atoms with E-state index in [9.17, 15) is 0 Å². The van der Waals surface area contributed by atoms with Gasteiger partial charge in [-0.1, -0.05) is 38.0 Å². The second-order valence-electron chi connectivity index (χ2n) is 5.63. The van der Waals surface area contributed by atoms with Gasteiger partial charge in [-0.05, 0) is 42.7 Å². The summed E-state index contributed by atoms with van der Waals surface area (Å²) in [5.41, 5.74) is 2.90. The van der Waals surface area contributed by atoms with Crippen LogP contribution < -0.4 is 5.32 Å². The monoisotopic (exact) mass is 215 g/mol. The number of benzene rings is 1. The summed E-state index contributed by atoms with van der Waals surface area (Å²) in [6.45, 7) is 2.40. The highest BCUT2D eigenvalue weighted by molar-refractivity contribution is 5.56. The third-order valence-corrected chi connectivity index (χ3v) is 4.43. The van der Waals surface area contributed by atoms with Gasteiger partial charge in [0.05, 0.1) is 0 Å². The minimum atomic E-state index is 0.713. The van der Waals surface area contributed by atoms with Gasteiger partial charge in [0.1, 0.15) is 0 Å². The molecule has 1 aromatic carbocycles. The molecule has 1 aliphatic carbocycles. The first-order valence-electron chi connectivity index (χ1n) is 6.67. The molecule has 1 unspecified atom stereocenters. The molecule has 0 spiro atoms. The van der Waals surface area contributed by atoms with Crippen LogP contribution in [0, 0.1) is 11.8 Å². The van der Waals surface area contributed by atoms with Crippen LogP contribution in [0.3, 0.4) is 0 Å². The van der Waals surface area contributed by atoms with Gasteiger partial charge in [0.2, 0.25) is 0 Å². The maximum Gasteiger partial charge on any atom is 0.0375 e. The van der Waals surface area contributed by atoms with Gasteiger partial charge >= 0.3 is 0 Å². The van der Waals surface area contributed by atoms with Crippen LogP contribution in [0.4, 0.5) is 5.69 Å². The van der Waals surface area contributed by atoms with E-state index in [2.05, 4.69) is 36.5 Å². The molecule has 1 aliphatic heterocycles. The van der Waals surface area contributed by atoms with Gasteiger partial charge in [-0.3, -0.25) is 0 Å². The smallest absolute Gasteiger partial charge is 0.0375 e. The molecule has 0 bridgehead atoms. The number of rotatable bonds is 1. The standard InChI is InChI=1S/C15H21N/c1-11-6-8-12(9-7-11)15-10-13-4-2-3-5-14(13)16-15/h2-5,11-12,15-16H,6-10H2,1H3. The first-order chi connectivity index (χ1) is 7.83. The highest BCUT2D eigenvalue weighted by Crippen LogP contribution is 2.36. The van der Waals surface area contributed by atoms with Gasteiger partial charge in [-0.25, -0.2) is 0 Å². The zero-order valence-corrected chi connectivity index (χ0v) is 10.1. The Hall–Kier alpha value is -0.980. The van der Waals surface area contributed by atoms with Crippen LogP contribution in [0.25, 0.3) is 0 Å². The molecule has 1 atom stereocenters. The molecule has 0 aromatic heterocycles. The predicted molar refractivity (Wildman–Crippen MR) is 68.7 cm³/mol. The average molecular weight is 215 g/mol. The quantitative estimate of drug-likeness (QED) is 0.750. The second-order valence-corrected chi connectivity index (χ2v) is 5.63. The number of anilines is 1. The van der Waals surface area contributed by atoms with Crippen molar-refractivity contribution >= 4 is 5.69 Å². The maximum absolute atomic E-state index is 3.72. The molecular weight excluding hydrogens is 194 g/mol. The molecule has 0 radical (unpaired) electrons. The van der Waals surface area contributed by atoms with Crippen LogP contribution in [0.1, 0.15) is 38.2 Å². The Morgan fingerprint density at radius 3 is 2.56 bits per heavy atom. The van der Waals surface area contributed by atoms with E-state index < -0.39 is 0 Å². The van der Waals surface area contributed by atoms with Gasteiger partial charge in [0, 0.05) is 11.7 Å². The van der Waals surface area contributed by atoms with Crippen LogP contribution in [-0.2, 0) is 6.42 Å². The number of hydrogen-bond donors (Lipinski definition) is 1. The lowest BCUT2D eigenvalue weighted by atomic mass is 9.78. The van der Waals surface area contributed by atoms with Gasteiger partial charge in [0.15, 0.2) is 0 Å². The molecule has 1 heterocycles. The fraction of sp³-hybridized carbons (Fsp3) is 0.600. The van der Waals surface area contributed by atoms with Crippen LogP contribution in [0.5, 0.6) is 0 Å². The van der Waals surface area contributed by atoms with Crippen LogP contribution in [0.2, 0.25) is 0 Å². The molecule has 1 N–H and O–H groups in total. The van der Waals surface area contributed by atoms with Gasteiger partial charge in [0.25, 0.3) is 0 Å². The van der Waals surface area contributed by atoms with Gasteiger partial charge in [-0.2, -0.15) is 0 Å². The van der Waals surface area contributed by atoms with Crippen LogP contribution in [0.15, 0.2) is 24.3 Å². The SMILES string of the molecule is CC1CCC(C2Cc3ccccc3N2)CC1. The van der Waals surface area contributed by atoms with Crippen molar-refractivity contribution in [1.82, 2.24) is 0 Å². The Kier molecular flexibility index (Phi) is 2.62. The topological polar surface area (TPSA) is 12.0 Å². The summed E-state index contributed by atoms with van der Waals surface area (Å²) in [5, 5.41) is 3.72. The summed E-state index contributed by atoms with van der Waals surface area (Å²) in [4.78, 5) is 0. The van der Waals surface area contributed by atoms with E-state index in [1.165, 1.54) is 43.4 Å². The third-order valence-electron chi connectivity index (χ3n) is 4.43. The lowest BCUT2D eigenvalue weighted by molar-refractivity contribution is 0.266. The van der Waals surface area contributed by atoms with E-state index >= 15 is 0 Å². The molecule has 0 saturated heterocycles. The van der Waals surface area contributed by atoms with Crippen molar-refractivity contribution in [3.05, 3.63) is 29.8 Å². The molecule has 1 nitrogen and oxygen atoms in total. The third kappa shape index (κ3) is 1.83. The van der Waals surface area contributed by atoms with Crippen molar-refractivity contribution in [2.24, 2.45) is 11.8 Å². The predicted octanol–water partition coefficient (Wildman–Crippen LogP) is 3.85. The van der Waals surface area contributed by atoms with E-state index in [1.54, 1.807) is 0 Å². The van der Waals surface area contributed by atoms with Crippen molar-refractivity contribution in [3.8, 4) is 0 Å². The summed E-state index contributed by atoms with van der Waals surface area (Å²) in [6.07, 6.45) is 6.95. The summed E-state index contributed by atoms with van der Waals surface area (Å²) < 4.78 is 0. The van der Waals surface area contributed by atoms with Crippen molar-refractivity contribution < 1.29 is 0 Å². The van der Waals surface area contributed by atoms with Gasteiger partial charge < -0.3 is 5.32 Å². The minimum absolute atomic E-state index is 0.713. The Bertz CT molecular complexity index is 338. The molecule has 3 rings (SSSR count). The highest BCUT2D eigenvalue weighted by Gasteiger charge is 2.30. The van der Waals surface area contributed by atoms with Gasteiger partial charge in [-0.15, -0.1) is 0 Å². The lowest BCUT2D eigenvalue weighted by Gasteiger charge is -2.30. The van der Waals surface area contributed by atoms with Crippen LogP contribution >= 0.6 is 0 Å². The molecule has 2 aliphatic rings. The lowest BCUT2D eigenvalue weighted by Crippen LogP contribution is -2.29. The number of para-hydroxylation sites is 1. The first-order valence-corrected chi connectivity index (χ1v) is 6.67. The summed E-state index contributed by atoms with van der Waals surface area (Å²) in [5.74, 6) is 1.86. The van der Waals surface area contributed by atoms with Crippen molar-refractivity contribution in [2.45, 2.75) is 45.1 Å². The Morgan fingerprint density at radius 1 is 1.06 bits per heavy atom. The van der Waals surface area contributed by atoms with E-state index in [1.807, 2.05) is 0 Å². The maximum atomic E-state index is 3.72. The summed E-state index contributed by atoms with van der Waals surface area (Å²) in [6, 6.07) is 9.50. The molecule has 1 aromatic rings. The minimum Gasteiger partial charge on any atom is -0.381 e. The molecule has 1 heteroatoms. The Labute approximate surface area is 98.3 Å². The van der Waals surface area contributed by atoms with E-state index in [0.29, 0.717) is 6.04 Å². The molecule has 86 valence electrons. The number of fused-ring (bicyclic) bond motifs is 1. The normalized spacial score (nSPS) is 33.2. The largest absolute Gasteiger partial charge is 0.381 e. The molecule has 1 fully saturated rings. The summed E-state index contributed by atoms with van der Waals surface area (Å²) >= 11 is 0. The zero-order chi connectivity index (χ0) is 11.0. The average Bonchev–Trinajstić information content (AvgIpc) is 2.73. The first kappa shape index (κ1) is 10.2. The fourth-order valence-electron chi connectivity index (χ4n) is 3.30. The Balaban J connectivity index is 1.67. The van der Waals surface area contributed by atoms with Crippen LogP contribution in [-0.4, -0.2) is 6.04 Å². The molecular formula is C15H21N. The Morgan fingerprint density at radius 2 is 1.81 bits per heavy atom. The number of hydrogen-bond acceptors (Lipinski definition) is 1. The van der Waals surface area contributed by atoms with E-state index in [-0.39, 0.29) is 0 Å². The fourth-order valence-corrected chi connectivity index (χ4v) is 3.30. The molecule has 0 amide bonds. The van der Waals surface area contributed by atoms with Crippen molar-refractivity contribution in [3.63, 3.8) is 0 Å². The van der Waals surface area contributed by atoms with E-state index in [4.69, 9.17) is 0 Å². The van der Waals surface area contributed by atoms with Crippen molar-refractivity contribution in [1.29, 1.82) is 0 Å². The molecule has 16 heavy (non-hydrogen) atoms. The molecule has 1 saturated carbocycles. The second kappa shape index (κ2) is 4.12. The highest BCUT2D eigenvalue weighted by atomic mass is 15.0. The van der Waals surface area contributed by atoms with E-state index in [0.717, 1.165) is 11.8 Å².